The maximum Gasteiger partial charge on any atom is 0.244 e. The van der Waals surface area contributed by atoms with Crippen molar-refractivity contribution in [2.45, 2.75) is 24.8 Å². The fourth-order valence-corrected chi connectivity index (χ4v) is 3.94. The second-order valence-corrected chi connectivity index (χ2v) is 7.52. The van der Waals surface area contributed by atoms with Gasteiger partial charge in [0, 0.05) is 10.5 Å². The Balaban J connectivity index is 2.26. The predicted molar refractivity (Wildman–Crippen MR) is 90.4 cm³/mol. The monoisotopic (exact) mass is 401 g/mol. The molecule has 0 amide bonds. The molecule has 0 aromatic heterocycles. The summed E-state index contributed by atoms with van der Waals surface area (Å²) in [5.41, 5.74) is 0.731. The van der Waals surface area contributed by atoms with Gasteiger partial charge in [0.05, 0.1) is 6.61 Å². The standard InChI is InChI=1S/C16H17BrFNO3S/c1-3-22-14-6-4-5-12(9-14)11(2)19-23(20,21)16-10-13(17)7-8-15(16)18/h4-11,19H,3H2,1-2H3. The quantitative estimate of drug-likeness (QED) is 0.794. The number of sulfonamides is 1. The van der Waals surface area contributed by atoms with Crippen molar-refractivity contribution in [1.82, 2.24) is 4.72 Å². The minimum absolute atomic E-state index is 0.389. The average molecular weight is 402 g/mol. The average Bonchev–Trinajstić information content (AvgIpc) is 2.50. The van der Waals surface area contributed by atoms with E-state index in [-0.39, 0.29) is 4.90 Å². The minimum Gasteiger partial charge on any atom is -0.494 e. The molecule has 23 heavy (non-hydrogen) atoms. The Hall–Kier alpha value is -1.44. The van der Waals surface area contributed by atoms with Crippen LogP contribution < -0.4 is 9.46 Å². The molecule has 2 aromatic carbocycles. The summed E-state index contributed by atoms with van der Waals surface area (Å²) < 4.78 is 47.0. The largest absolute Gasteiger partial charge is 0.494 e. The molecule has 4 nitrogen and oxygen atoms in total. The number of benzene rings is 2. The number of hydrogen-bond donors (Lipinski definition) is 1. The van der Waals surface area contributed by atoms with E-state index in [0.29, 0.717) is 16.8 Å². The van der Waals surface area contributed by atoms with Gasteiger partial charge >= 0.3 is 0 Å². The van der Waals surface area contributed by atoms with Crippen LogP contribution in [0.1, 0.15) is 25.5 Å². The minimum atomic E-state index is -3.98. The van der Waals surface area contributed by atoms with E-state index in [0.717, 1.165) is 11.6 Å². The third-order valence-electron chi connectivity index (χ3n) is 3.18. The van der Waals surface area contributed by atoms with Crippen molar-refractivity contribution in [3.05, 3.63) is 58.3 Å². The normalized spacial score (nSPS) is 12.9. The molecule has 2 rings (SSSR count). The Kier molecular flexibility index (Phi) is 5.78. The van der Waals surface area contributed by atoms with Gasteiger partial charge in [0.25, 0.3) is 0 Å². The lowest BCUT2D eigenvalue weighted by atomic mass is 10.1. The fraction of sp³-hybridized carbons (Fsp3) is 0.250. The maximum atomic E-state index is 13.8. The summed E-state index contributed by atoms with van der Waals surface area (Å²) in [4.78, 5) is -0.389. The van der Waals surface area contributed by atoms with Gasteiger partial charge in [0.1, 0.15) is 16.5 Å². The zero-order valence-electron chi connectivity index (χ0n) is 12.7. The molecular formula is C16H17BrFNO3S. The zero-order chi connectivity index (χ0) is 17.0. The lowest BCUT2D eigenvalue weighted by Gasteiger charge is -2.16. The van der Waals surface area contributed by atoms with Gasteiger partial charge in [-0.1, -0.05) is 28.1 Å². The first-order valence-electron chi connectivity index (χ1n) is 7.03. The first-order valence-corrected chi connectivity index (χ1v) is 9.31. The first-order chi connectivity index (χ1) is 10.8. The molecule has 0 heterocycles. The Morgan fingerprint density at radius 1 is 1.26 bits per heavy atom. The van der Waals surface area contributed by atoms with Gasteiger partial charge in [-0.3, -0.25) is 0 Å². The first kappa shape index (κ1) is 17.9. The maximum absolute atomic E-state index is 13.8. The highest BCUT2D eigenvalue weighted by atomic mass is 79.9. The topological polar surface area (TPSA) is 55.4 Å². The van der Waals surface area contributed by atoms with Crippen molar-refractivity contribution in [1.29, 1.82) is 0 Å². The van der Waals surface area contributed by atoms with Gasteiger partial charge in [-0.2, -0.15) is 0 Å². The van der Waals surface area contributed by atoms with Crippen LogP contribution in [0.2, 0.25) is 0 Å². The van der Waals surface area contributed by atoms with Gasteiger partial charge in [-0.15, -0.1) is 0 Å². The molecule has 124 valence electrons. The molecule has 0 saturated carbocycles. The van der Waals surface area contributed by atoms with Crippen molar-refractivity contribution in [3.8, 4) is 5.75 Å². The Morgan fingerprint density at radius 3 is 2.70 bits per heavy atom. The van der Waals surface area contributed by atoms with Gasteiger partial charge < -0.3 is 4.74 Å². The highest BCUT2D eigenvalue weighted by Crippen LogP contribution is 2.24. The van der Waals surface area contributed by atoms with E-state index in [9.17, 15) is 12.8 Å². The second kappa shape index (κ2) is 7.42. The van der Waals surface area contributed by atoms with Crippen LogP contribution >= 0.6 is 15.9 Å². The summed E-state index contributed by atoms with van der Waals surface area (Å²) in [7, 11) is -3.98. The Labute approximate surface area is 143 Å². The predicted octanol–water partition coefficient (Wildman–Crippen LogP) is 4.03. The van der Waals surface area contributed by atoms with E-state index in [2.05, 4.69) is 20.7 Å². The second-order valence-electron chi connectivity index (χ2n) is 4.92. The van der Waals surface area contributed by atoms with Crippen molar-refractivity contribution < 1.29 is 17.5 Å². The molecule has 1 N–H and O–H groups in total. The van der Waals surface area contributed by atoms with E-state index in [4.69, 9.17) is 4.74 Å². The molecule has 0 saturated heterocycles. The van der Waals surface area contributed by atoms with Crippen LogP contribution in [-0.4, -0.2) is 15.0 Å². The molecule has 0 spiro atoms. The van der Waals surface area contributed by atoms with Crippen LogP contribution in [0.4, 0.5) is 4.39 Å². The fourth-order valence-electron chi connectivity index (χ4n) is 2.09. The van der Waals surface area contributed by atoms with Crippen LogP contribution in [0.15, 0.2) is 51.8 Å². The van der Waals surface area contributed by atoms with E-state index in [1.165, 1.54) is 12.1 Å². The van der Waals surface area contributed by atoms with E-state index >= 15 is 0 Å². The third-order valence-corrected chi connectivity index (χ3v) is 5.23. The van der Waals surface area contributed by atoms with Gasteiger partial charge in [-0.25, -0.2) is 17.5 Å². The molecule has 0 bridgehead atoms. The van der Waals surface area contributed by atoms with Crippen LogP contribution in [0.3, 0.4) is 0 Å². The van der Waals surface area contributed by atoms with Crippen LogP contribution in [0, 0.1) is 5.82 Å². The summed E-state index contributed by atoms with van der Waals surface area (Å²) in [6.45, 7) is 4.08. The molecule has 0 aliphatic rings. The van der Waals surface area contributed by atoms with Crippen molar-refractivity contribution in [3.63, 3.8) is 0 Å². The third kappa shape index (κ3) is 4.53. The van der Waals surface area contributed by atoms with Crippen molar-refractivity contribution in [2.24, 2.45) is 0 Å². The van der Waals surface area contributed by atoms with Gasteiger partial charge in [0.2, 0.25) is 10.0 Å². The van der Waals surface area contributed by atoms with Gasteiger partial charge in [0.15, 0.2) is 0 Å². The van der Waals surface area contributed by atoms with Crippen LogP contribution in [0.25, 0.3) is 0 Å². The molecule has 7 heteroatoms. The number of ether oxygens (including phenoxy) is 1. The Bertz CT molecular complexity index is 796. The molecule has 1 unspecified atom stereocenters. The summed E-state index contributed by atoms with van der Waals surface area (Å²) in [5, 5.41) is 0. The Morgan fingerprint density at radius 2 is 2.00 bits per heavy atom. The molecule has 1 atom stereocenters. The molecular weight excluding hydrogens is 385 g/mol. The van der Waals surface area contributed by atoms with Crippen LogP contribution in [0.5, 0.6) is 5.75 Å². The summed E-state index contributed by atoms with van der Waals surface area (Å²) >= 11 is 3.15. The highest BCUT2D eigenvalue weighted by Gasteiger charge is 2.22. The lowest BCUT2D eigenvalue weighted by Crippen LogP contribution is -2.27. The van der Waals surface area contributed by atoms with Crippen molar-refractivity contribution in [2.75, 3.05) is 6.61 Å². The number of nitrogens with one attached hydrogen (secondary N) is 1. The van der Waals surface area contributed by atoms with E-state index in [1.54, 1.807) is 31.2 Å². The van der Waals surface area contributed by atoms with E-state index < -0.39 is 21.9 Å². The summed E-state index contributed by atoms with van der Waals surface area (Å²) in [5.74, 6) is -0.138. The van der Waals surface area contributed by atoms with Crippen LogP contribution in [-0.2, 0) is 10.0 Å². The molecule has 0 aliphatic heterocycles. The summed E-state index contributed by atoms with van der Waals surface area (Å²) in [6, 6.07) is 10.4. The number of rotatable bonds is 6. The highest BCUT2D eigenvalue weighted by molar-refractivity contribution is 9.10. The van der Waals surface area contributed by atoms with Crippen molar-refractivity contribution >= 4 is 26.0 Å². The lowest BCUT2D eigenvalue weighted by molar-refractivity contribution is 0.339. The molecule has 0 radical (unpaired) electrons. The molecule has 2 aromatic rings. The number of halogens is 2. The smallest absolute Gasteiger partial charge is 0.244 e. The van der Waals surface area contributed by atoms with Gasteiger partial charge in [-0.05, 0) is 49.7 Å². The number of hydrogen-bond acceptors (Lipinski definition) is 3. The SMILES string of the molecule is CCOc1cccc(C(C)NS(=O)(=O)c2cc(Br)ccc2F)c1. The summed E-state index contributed by atoms with van der Waals surface area (Å²) in [6.07, 6.45) is 0. The molecule has 0 fully saturated rings. The van der Waals surface area contributed by atoms with E-state index in [1.807, 2.05) is 6.92 Å². The molecule has 0 aliphatic carbocycles. The zero-order valence-corrected chi connectivity index (χ0v) is 15.1.